The lowest BCUT2D eigenvalue weighted by molar-refractivity contribution is -0.133. The van der Waals surface area contributed by atoms with Gasteiger partial charge in [0.1, 0.15) is 11.0 Å². The van der Waals surface area contributed by atoms with E-state index in [0.717, 1.165) is 11.8 Å². The lowest BCUT2D eigenvalue weighted by atomic mass is 10.5. The van der Waals surface area contributed by atoms with E-state index in [1.807, 2.05) is 0 Å². The maximum Gasteiger partial charge on any atom is 0.313 e. The van der Waals surface area contributed by atoms with Crippen LogP contribution in [0.3, 0.4) is 0 Å². The van der Waals surface area contributed by atoms with Crippen molar-refractivity contribution in [3.8, 4) is 0 Å². The molecule has 0 bridgehead atoms. The van der Waals surface area contributed by atoms with E-state index in [0.29, 0.717) is 0 Å². The van der Waals surface area contributed by atoms with Crippen molar-refractivity contribution in [2.24, 2.45) is 0 Å². The third kappa shape index (κ3) is 5.71. The third-order valence-corrected chi connectivity index (χ3v) is 2.67. The summed E-state index contributed by atoms with van der Waals surface area (Å²) in [4.78, 5) is 28.9. The summed E-state index contributed by atoms with van der Waals surface area (Å²) in [5.41, 5.74) is 0. The van der Waals surface area contributed by atoms with Crippen LogP contribution in [0.2, 0.25) is 10.4 Å². The Hall–Kier alpha value is -1.05. The van der Waals surface area contributed by atoms with E-state index in [1.165, 1.54) is 6.07 Å². The van der Waals surface area contributed by atoms with Crippen LogP contribution in [0.5, 0.6) is 0 Å². The van der Waals surface area contributed by atoms with E-state index in [4.69, 9.17) is 28.3 Å². The highest BCUT2D eigenvalue weighted by Gasteiger charge is 2.07. The van der Waals surface area contributed by atoms with E-state index >= 15 is 0 Å². The van der Waals surface area contributed by atoms with Crippen molar-refractivity contribution >= 4 is 52.7 Å². The highest BCUT2D eigenvalue weighted by molar-refractivity contribution is 8.00. The molecule has 9 heteroatoms. The number of hydrogen-bond donors (Lipinski definition) is 2. The first kappa shape index (κ1) is 14.0. The molecule has 92 valence electrons. The molecule has 0 spiro atoms. The van der Waals surface area contributed by atoms with Gasteiger partial charge in [0, 0.05) is 6.07 Å². The van der Waals surface area contributed by atoms with E-state index in [1.54, 1.807) is 0 Å². The lowest BCUT2D eigenvalue weighted by Crippen LogP contribution is -2.16. The molecule has 0 fully saturated rings. The standard InChI is InChI=1S/C8H7Cl2N3O3S/c9-4-1-5(13-8(10)11-4)12-6(14)2-17-3-7(15)16/h1H,2-3H2,(H,15,16)(H,11,12,13,14). The number of nitrogens with zero attached hydrogens (tertiary/aromatic N) is 2. The number of amides is 1. The van der Waals surface area contributed by atoms with Crippen molar-refractivity contribution in [2.45, 2.75) is 0 Å². The maximum absolute atomic E-state index is 11.3. The Kier molecular flexibility index (Phi) is 5.46. The van der Waals surface area contributed by atoms with Gasteiger partial charge in [-0.2, -0.15) is 0 Å². The van der Waals surface area contributed by atoms with Gasteiger partial charge in [-0.1, -0.05) is 11.6 Å². The largest absolute Gasteiger partial charge is 0.481 e. The van der Waals surface area contributed by atoms with Gasteiger partial charge in [-0.05, 0) is 11.6 Å². The van der Waals surface area contributed by atoms with Gasteiger partial charge in [-0.25, -0.2) is 9.97 Å². The molecule has 0 aliphatic carbocycles. The second-order valence-corrected chi connectivity index (χ2v) is 4.49. The Morgan fingerprint density at radius 2 is 2.06 bits per heavy atom. The van der Waals surface area contributed by atoms with Crippen molar-refractivity contribution in [3.05, 3.63) is 16.5 Å². The number of carbonyl (C=O) groups excluding carboxylic acids is 1. The molecule has 0 atom stereocenters. The minimum absolute atomic E-state index is 0.00550. The fourth-order valence-corrected chi connectivity index (χ4v) is 1.81. The number of carbonyl (C=O) groups is 2. The second kappa shape index (κ2) is 6.63. The summed E-state index contributed by atoms with van der Waals surface area (Å²) >= 11 is 12.1. The molecule has 0 aliphatic heterocycles. The summed E-state index contributed by atoms with van der Waals surface area (Å²) in [5, 5.41) is 10.8. The van der Waals surface area contributed by atoms with Crippen molar-refractivity contribution in [3.63, 3.8) is 0 Å². The number of carboxylic acids is 1. The molecule has 1 aromatic heterocycles. The number of nitrogens with one attached hydrogen (secondary N) is 1. The van der Waals surface area contributed by atoms with E-state index in [9.17, 15) is 9.59 Å². The van der Waals surface area contributed by atoms with Gasteiger partial charge in [0.2, 0.25) is 11.2 Å². The average Bonchev–Trinajstić information content (AvgIpc) is 2.14. The van der Waals surface area contributed by atoms with Crippen LogP contribution in [-0.4, -0.2) is 38.5 Å². The molecule has 0 unspecified atom stereocenters. The van der Waals surface area contributed by atoms with E-state index in [-0.39, 0.29) is 33.7 Å². The quantitative estimate of drug-likeness (QED) is 0.632. The van der Waals surface area contributed by atoms with Gasteiger partial charge in [-0.3, -0.25) is 9.59 Å². The Labute approximate surface area is 111 Å². The summed E-state index contributed by atoms with van der Waals surface area (Å²) < 4.78 is 0. The van der Waals surface area contributed by atoms with Crippen LogP contribution < -0.4 is 5.32 Å². The molecule has 0 saturated carbocycles. The maximum atomic E-state index is 11.3. The zero-order chi connectivity index (χ0) is 12.8. The molecular formula is C8H7Cl2N3O3S. The molecule has 2 N–H and O–H groups in total. The molecule has 0 radical (unpaired) electrons. The summed E-state index contributed by atoms with van der Waals surface area (Å²) in [6.07, 6.45) is 0. The van der Waals surface area contributed by atoms with Gasteiger partial charge >= 0.3 is 5.97 Å². The van der Waals surface area contributed by atoms with Crippen LogP contribution in [0, 0.1) is 0 Å². The summed E-state index contributed by atoms with van der Waals surface area (Å²) in [6.45, 7) is 0. The van der Waals surface area contributed by atoms with Crippen molar-refractivity contribution in [2.75, 3.05) is 16.8 Å². The van der Waals surface area contributed by atoms with Gasteiger partial charge in [0.15, 0.2) is 0 Å². The van der Waals surface area contributed by atoms with Crippen LogP contribution in [-0.2, 0) is 9.59 Å². The van der Waals surface area contributed by atoms with Crippen molar-refractivity contribution in [1.29, 1.82) is 0 Å². The Balaban J connectivity index is 2.47. The van der Waals surface area contributed by atoms with Crippen LogP contribution in [0.4, 0.5) is 5.82 Å². The fraction of sp³-hybridized carbons (Fsp3) is 0.250. The minimum Gasteiger partial charge on any atom is -0.481 e. The van der Waals surface area contributed by atoms with Gasteiger partial charge in [-0.15, -0.1) is 11.8 Å². The number of hydrogen-bond acceptors (Lipinski definition) is 5. The van der Waals surface area contributed by atoms with Crippen LogP contribution in [0.1, 0.15) is 0 Å². The van der Waals surface area contributed by atoms with Crippen LogP contribution >= 0.6 is 35.0 Å². The van der Waals surface area contributed by atoms with Crippen LogP contribution in [0.25, 0.3) is 0 Å². The lowest BCUT2D eigenvalue weighted by Gasteiger charge is -2.03. The fourth-order valence-electron chi connectivity index (χ4n) is 0.864. The number of aromatic nitrogens is 2. The molecule has 1 heterocycles. The topological polar surface area (TPSA) is 92.2 Å². The van der Waals surface area contributed by atoms with Crippen LogP contribution in [0.15, 0.2) is 6.07 Å². The van der Waals surface area contributed by atoms with Crippen molar-refractivity contribution in [1.82, 2.24) is 9.97 Å². The molecule has 0 saturated heterocycles. The Morgan fingerprint density at radius 1 is 1.35 bits per heavy atom. The first-order valence-electron chi connectivity index (χ1n) is 4.27. The number of anilines is 1. The van der Waals surface area contributed by atoms with Crippen molar-refractivity contribution < 1.29 is 14.7 Å². The smallest absolute Gasteiger partial charge is 0.313 e. The van der Waals surface area contributed by atoms with E-state index in [2.05, 4.69) is 15.3 Å². The summed E-state index contributed by atoms with van der Waals surface area (Å²) in [6, 6.07) is 1.34. The minimum atomic E-state index is -0.976. The normalized spacial score (nSPS) is 10.0. The average molecular weight is 296 g/mol. The molecule has 0 aliphatic rings. The number of thioether (sulfide) groups is 1. The SMILES string of the molecule is O=C(O)CSCC(=O)Nc1cc(Cl)nc(Cl)n1. The number of aliphatic carboxylic acids is 1. The molecule has 1 aromatic rings. The Morgan fingerprint density at radius 3 is 2.65 bits per heavy atom. The highest BCUT2D eigenvalue weighted by atomic mass is 35.5. The predicted molar refractivity (Wildman–Crippen MR) is 65.6 cm³/mol. The molecule has 6 nitrogen and oxygen atoms in total. The first-order chi connectivity index (χ1) is 7.97. The second-order valence-electron chi connectivity index (χ2n) is 2.78. The van der Waals surface area contributed by atoms with Gasteiger partial charge in [0.25, 0.3) is 0 Å². The number of carboxylic acid groups (broad SMARTS) is 1. The number of halogens is 2. The zero-order valence-corrected chi connectivity index (χ0v) is 10.6. The first-order valence-corrected chi connectivity index (χ1v) is 6.18. The monoisotopic (exact) mass is 295 g/mol. The molecular weight excluding hydrogens is 289 g/mol. The van der Waals surface area contributed by atoms with E-state index < -0.39 is 5.97 Å². The van der Waals surface area contributed by atoms with Gasteiger partial charge in [0.05, 0.1) is 11.5 Å². The molecule has 1 amide bonds. The summed E-state index contributed by atoms with van der Waals surface area (Å²) in [7, 11) is 0. The number of rotatable bonds is 5. The third-order valence-electron chi connectivity index (χ3n) is 1.39. The zero-order valence-electron chi connectivity index (χ0n) is 8.31. The summed E-state index contributed by atoms with van der Waals surface area (Å²) in [5.74, 6) is -1.32. The predicted octanol–water partition coefficient (Wildman–Crippen LogP) is 1.54. The van der Waals surface area contributed by atoms with Gasteiger partial charge < -0.3 is 10.4 Å². The molecule has 1 rings (SSSR count). The highest BCUT2D eigenvalue weighted by Crippen LogP contribution is 2.14. The molecule has 17 heavy (non-hydrogen) atoms. The molecule has 0 aromatic carbocycles. The Bertz CT molecular complexity index is 424.